The van der Waals surface area contributed by atoms with Gasteiger partial charge in [-0.05, 0) is 62.4 Å². The zero-order valence-electron chi connectivity index (χ0n) is 20.6. The summed E-state index contributed by atoms with van der Waals surface area (Å²) in [7, 11) is 1.88. The molecule has 5 nitrogen and oxygen atoms in total. The van der Waals surface area contributed by atoms with Gasteiger partial charge >= 0.3 is 0 Å². The van der Waals surface area contributed by atoms with Crippen LogP contribution >= 0.6 is 0 Å². The van der Waals surface area contributed by atoms with E-state index in [0.717, 1.165) is 37.2 Å². The second-order valence-corrected chi connectivity index (χ2v) is 10.8. The maximum Gasteiger partial charge on any atom is 0.246 e. The van der Waals surface area contributed by atoms with Crippen molar-refractivity contribution in [1.82, 2.24) is 9.80 Å². The number of likely N-dealkylation sites (N-methyl/N-ethyl adjacent to an activating group) is 1. The Morgan fingerprint density at radius 1 is 1.29 bits per heavy atom. The molecule has 2 aliphatic heterocycles. The van der Waals surface area contributed by atoms with Crippen LogP contribution in [-0.2, 0) is 16.6 Å². The summed E-state index contributed by atoms with van der Waals surface area (Å²) in [5.74, 6) is 0.860. The summed E-state index contributed by atoms with van der Waals surface area (Å²) in [6.45, 7) is 7.67. The highest BCUT2D eigenvalue weighted by atomic mass is 16.5. The quantitative estimate of drug-likeness (QED) is 0.532. The minimum atomic E-state index is -0.879. The second-order valence-electron chi connectivity index (χ2n) is 10.8. The van der Waals surface area contributed by atoms with Crippen LogP contribution in [0.4, 0.5) is 0 Å². The lowest BCUT2D eigenvalue weighted by Crippen LogP contribution is -2.78. The molecule has 1 saturated carbocycles. The third-order valence-corrected chi connectivity index (χ3v) is 9.11. The molecule has 0 radical (unpaired) electrons. The van der Waals surface area contributed by atoms with E-state index >= 15 is 0 Å². The van der Waals surface area contributed by atoms with Gasteiger partial charge in [-0.25, -0.2) is 0 Å². The number of hydrogen-bond donors (Lipinski definition) is 1. The number of hydrogen-bond acceptors (Lipinski definition) is 4. The third-order valence-electron chi connectivity index (χ3n) is 9.11. The first-order valence-corrected chi connectivity index (χ1v) is 12.8. The summed E-state index contributed by atoms with van der Waals surface area (Å²) in [5, 5.41) is 12.5. The maximum atomic E-state index is 13.3. The number of carbonyl (C=O) groups excluding carboxylic acids is 1. The van der Waals surface area contributed by atoms with Crippen LogP contribution in [0.1, 0.15) is 41.5 Å². The Morgan fingerprint density at radius 2 is 2.11 bits per heavy atom. The molecular formula is C30H34N2O3. The molecule has 2 heterocycles. The molecule has 6 rings (SSSR count). The molecule has 0 aromatic heterocycles. The van der Waals surface area contributed by atoms with Gasteiger partial charge in [0.1, 0.15) is 11.9 Å². The van der Waals surface area contributed by atoms with Gasteiger partial charge < -0.3 is 14.7 Å². The number of aryl methyl sites for hydroxylation is 1. The molecule has 182 valence electrons. The summed E-state index contributed by atoms with van der Waals surface area (Å²) in [6, 6.07) is 14.4. The molecule has 2 fully saturated rings. The van der Waals surface area contributed by atoms with Crippen LogP contribution in [0.15, 0.2) is 61.2 Å². The van der Waals surface area contributed by atoms with Crippen molar-refractivity contribution in [1.29, 1.82) is 0 Å². The van der Waals surface area contributed by atoms with Crippen LogP contribution in [0.2, 0.25) is 0 Å². The SMILES string of the molecule is C=CCN1CC[C@]23c4c5cccc4OC2C(N(C)C(=O)/C=C/c2cccc(C)c2)CC[C@@]3(O)[C@H]1C5. The van der Waals surface area contributed by atoms with Crippen molar-refractivity contribution in [3.8, 4) is 5.75 Å². The van der Waals surface area contributed by atoms with E-state index in [9.17, 15) is 9.90 Å². The minimum Gasteiger partial charge on any atom is -0.487 e. The number of benzene rings is 2. The predicted molar refractivity (Wildman–Crippen MR) is 137 cm³/mol. The Balaban J connectivity index is 1.36. The van der Waals surface area contributed by atoms with E-state index in [1.807, 2.05) is 42.3 Å². The van der Waals surface area contributed by atoms with Crippen LogP contribution in [0, 0.1) is 6.92 Å². The van der Waals surface area contributed by atoms with Crippen molar-refractivity contribution in [3.63, 3.8) is 0 Å². The van der Waals surface area contributed by atoms with Gasteiger partial charge in [-0.1, -0.05) is 48.0 Å². The van der Waals surface area contributed by atoms with Crippen molar-refractivity contribution in [2.75, 3.05) is 20.1 Å². The maximum absolute atomic E-state index is 13.3. The van der Waals surface area contributed by atoms with E-state index in [2.05, 4.69) is 42.7 Å². The number of ether oxygens (including phenoxy) is 1. The number of aliphatic hydroxyl groups is 1. The zero-order valence-corrected chi connectivity index (χ0v) is 20.6. The number of carbonyl (C=O) groups is 1. The molecule has 1 N–H and O–H groups in total. The lowest BCUT2D eigenvalue weighted by atomic mass is 9.48. The normalized spacial score (nSPS) is 32.7. The van der Waals surface area contributed by atoms with Crippen molar-refractivity contribution < 1.29 is 14.6 Å². The van der Waals surface area contributed by atoms with Crippen molar-refractivity contribution >= 4 is 12.0 Å². The fourth-order valence-corrected chi connectivity index (χ4v) is 7.58. The van der Waals surface area contributed by atoms with E-state index < -0.39 is 11.0 Å². The first-order chi connectivity index (χ1) is 16.9. The van der Waals surface area contributed by atoms with E-state index in [0.29, 0.717) is 12.8 Å². The number of likely N-dealkylation sites (tertiary alicyclic amines) is 1. The van der Waals surface area contributed by atoms with Crippen LogP contribution in [-0.4, -0.2) is 64.7 Å². The molecule has 35 heavy (non-hydrogen) atoms. The van der Waals surface area contributed by atoms with Crippen molar-refractivity contribution in [2.24, 2.45) is 0 Å². The van der Waals surface area contributed by atoms with Crippen molar-refractivity contribution in [3.05, 3.63) is 83.4 Å². The van der Waals surface area contributed by atoms with Gasteiger partial charge in [0.05, 0.1) is 17.1 Å². The fraction of sp³-hybridized carbons (Fsp3) is 0.433. The molecule has 2 aromatic rings. The molecule has 1 saturated heterocycles. The summed E-state index contributed by atoms with van der Waals surface area (Å²) in [6.07, 6.45) is 8.24. The lowest BCUT2D eigenvalue weighted by molar-refractivity contribution is -0.198. The minimum absolute atomic E-state index is 0.0318. The number of nitrogens with zero attached hydrogens (tertiary/aromatic N) is 2. The average molecular weight is 471 g/mol. The van der Waals surface area contributed by atoms with Gasteiger partial charge in [-0.3, -0.25) is 9.69 Å². The molecule has 5 heteroatoms. The number of amides is 1. The standard InChI is InChI=1S/C30H34N2O3/c1-4-16-32-17-15-29-27-22-9-6-10-24(27)35-28(29)23(13-14-30(29,34)25(32)19-22)31(3)26(33)12-11-21-8-5-7-20(2)18-21/h4-12,18,23,25,28,34H,1,13-17,19H2,2-3H3/b12-11+/t23?,25-,28?,29+,30-/m1/s1. The Kier molecular flexibility index (Phi) is 5.20. The molecule has 1 spiro atoms. The number of rotatable bonds is 5. The molecule has 2 bridgehead atoms. The Bertz CT molecular complexity index is 1220. The summed E-state index contributed by atoms with van der Waals surface area (Å²) in [4.78, 5) is 17.5. The highest BCUT2D eigenvalue weighted by Crippen LogP contribution is 2.64. The summed E-state index contributed by atoms with van der Waals surface area (Å²) >= 11 is 0. The van der Waals surface area contributed by atoms with E-state index in [-0.39, 0.29) is 24.1 Å². The second kappa shape index (κ2) is 8.07. The van der Waals surface area contributed by atoms with Crippen LogP contribution in [0.3, 0.4) is 0 Å². The smallest absolute Gasteiger partial charge is 0.246 e. The molecule has 2 aromatic carbocycles. The lowest BCUT2D eigenvalue weighted by Gasteiger charge is -2.64. The van der Waals surface area contributed by atoms with Gasteiger partial charge in [0, 0.05) is 31.3 Å². The predicted octanol–water partition coefficient (Wildman–Crippen LogP) is 3.88. The Labute approximate surface area is 207 Å². The molecule has 1 amide bonds. The Hall–Kier alpha value is -2.89. The largest absolute Gasteiger partial charge is 0.487 e. The van der Waals surface area contributed by atoms with Gasteiger partial charge in [-0.15, -0.1) is 6.58 Å². The highest BCUT2D eigenvalue weighted by molar-refractivity contribution is 5.92. The molecular weight excluding hydrogens is 436 g/mol. The first-order valence-electron chi connectivity index (χ1n) is 12.8. The number of piperidine rings is 1. The molecule has 2 aliphatic carbocycles. The van der Waals surface area contributed by atoms with E-state index in [1.54, 1.807) is 6.08 Å². The summed E-state index contributed by atoms with van der Waals surface area (Å²) < 4.78 is 6.68. The third kappa shape index (κ3) is 3.11. The van der Waals surface area contributed by atoms with Gasteiger partial charge in [0.2, 0.25) is 5.91 Å². The van der Waals surface area contributed by atoms with Crippen molar-refractivity contribution in [2.45, 2.75) is 61.8 Å². The topological polar surface area (TPSA) is 53.0 Å². The molecule has 4 aliphatic rings. The van der Waals surface area contributed by atoms with Gasteiger partial charge in [0.25, 0.3) is 0 Å². The first kappa shape index (κ1) is 22.6. The fourth-order valence-electron chi connectivity index (χ4n) is 7.58. The Morgan fingerprint density at radius 3 is 2.91 bits per heavy atom. The molecule has 5 atom stereocenters. The monoisotopic (exact) mass is 470 g/mol. The van der Waals surface area contributed by atoms with Crippen LogP contribution in [0.25, 0.3) is 6.08 Å². The average Bonchev–Trinajstić information content (AvgIpc) is 3.19. The zero-order chi connectivity index (χ0) is 24.4. The van der Waals surface area contributed by atoms with Gasteiger partial charge in [-0.2, -0.15) is 0 Å². The van der Waals surface area contributed by atoms with E-state index in [1.165, 1.54) is 16.7 Å². The van der Waals surface area contributed by atoms with Gasteiger partial charge in [0.15, 0.2) is 0 Å². The summed E-state index contributed by atoms with van der Waals surface area (Å²) in [5.41, 5.74) is 3.29. The highest BCUT2D eigenvalue weighted by Gasteiger charge is 2.72. The molecule has 2 unspecified atom stereocenters. The van der Waals surface area contributed by atoms with Crippen LogP contribution < -0.4 is 4.74 Å². The van der Waals surface area contributed by atoms with Crippen LogP contribution in [0.5, 0.6) is 5.75 Å². The van der Waals surface area contributed by atoms with E-state index in [4.69, 9.17) is 4.74 Å².